The third-order valence-corrected chi connectivity index (χ3v) is 7.95. The SMILES string of the molecule is CCSc1cccc(F)c1-c1nc2c(cc1F)c(N1CCNC[C@@H]1C)nc(=O)n2-c1c(C)ccnc1C(C)C. The summed E-state index contributed by atoms with van der Waals surface area (Å²) >= 11 is 1.41. The highest BCUT2D eigenvalue weighted by Gasteiger charge is 2.28. The molecule has 1 saturated heterocycles. The maximum absolute atomic E-state index is 16.0. The van der Waals surface area contributed by atoms with Crippen LogP contribution < -0.4 is 15.9 Å². The van der Waals surface area contributed by atoms with Crippen molar-refractivity contribution in [2.24, 2.45) is 0 Å². The lowest BCUT2D eigenvalue weighted by atomic mass is 10.0. The molecule has 1 N–H and O–H groups in total. The number of nitrogens with zero attached hydrogens (tertiary/aromatic N) is 5. The number of hydrogen-bond donors (Lipinski definition) is 1. The average Bonchev–Trinajstić information content (AvgIpc) is 2.89. The lowest BCUT2D eigenvalue weighted by molar-refractivity contribution is 0.497. The maximum atomic E-state index is 16.0. The van der Waals surface area contributed by atoms with Crippen molar-refractivity contribution in [1.29, 1.82) is 0 Å². The van der Waals surface area contributed by atoms with Crippen LogP contribution in [-0.2, 0) is 0 Å². The highest BCUT2D eigenvalue weighted by atomic mass is 32.2. The number of aromatic nitrogens is 4. The fourth-order valence-electron chi connectivity index (χ4n) is 5.15. The molecular weight excluding hydrogens is 518 g/mol. The van der Waals surface area contributed by atoms with Crippen molar-refractivity contribution in [1.82, 2.24) is 24.8 Å². The number of fused-ring (bicyclic) bond motifs is 1. The molecule has 0 amide bonds. The van der Waals surface area contributed by atoms with E-state index in [4.69, 9.17) is 4.98 Å². The van der Waals surface area contributed by atoms with E-state index in [0.717, 1.165) is 5.56 Å². The van der Waals surface area contributed by atoms with Gasteiger partial charge in [0.25, 0.3) is 0 Å². The van der Waals surface area contributed by atoms with E-state index in [1.165, 1.54) is 28.5 Å². The molecule has 3 aromatic heterocycles. The molecule has 0 saturated carbocycles. The Balaban J connectivity index is 1.91. The molecule has 5 rings (SSSR count). The molecule has 0 aliphatic carbocycles. The van der Waals surface area contributed by atoms with Crippen molar-refractivity contribution in [2.75, 3.05) is 30.3 Å². The van der Waals surface area contributed by atoms with Crippen LogP contribution in [0.4, 0.5) is 14.6 Å². The first-order chi connectivity index (χ1) is 18.7. The second-order valence-corrected chi connectivity index (χ2v) is 11.4. The molecule has 1 aromatic carbocycles. The molecule has 39 heavy (non-hydrogen) atoms. The second-order valence-electron chi connectivity index (χ2n) is 10.1. The zero-order valence-corrected chi connectivity index (χ0v) is 23.6. The summed E-state index contributed by atoms with van der Waals surface area (Å²) in [6, 6.07) is 7.86. The number of aryl methyl sites for hydroxylation is 1. The minimum atomic E-state index is -0.673. The fourth-order valence-corrected chi connectivity index (χ4v) is 5.98. The molecule has 4 aromatic rings. The molecule has 204 valence electrons. The molecule has 10 heteroatoms. The van der Waals surface area contributed by atoms with Gasteiger partial charge in [0.05, 0.1) is 22.3 Å². The third kappa shape index (κ3) is 4.91. The van der Waals surface area contributed by atoms with Crippen molar-refractivity contribution in [3.63, 3.8) is 0 Å². The van der Waals surface area contributed by atoms with Gasteiger partial charge in [-0.15, -0.1) is 11.8 Å². The lowest BCUT2D eigenvalue weighted by Crippen LogP contribution is -2.50. The molecule has 0 bridgehead atoms. The van der Waals surface area contributed by atoms with Gasteiger partial charge < -0.3 is 10.2 Å². The number of anilines is 1. The summed E-state index contributed by atoms with van der Waals surface area (Å²) in [6.07, 6.45) is 1.71. The average molecular weight is 551 g/mol. The van der Waals surface area contributed by atoms with Crippen molar-refractivity contribution in [3.05, 3.63) is 69.9 Å². The lowest BCUT2D eigenvalue weighted by Gasteiger charge is -2.35. The molecule has 7 nitrogen and oxygen atoms in total. The normalized spacial score (nSPS) is 15.9. The van der Waals surface area contributed by atoms with Crippen molar-refractivity contribution < 1.29 is 8.78 Å². The minimum absolute atomic E-state index is 0.00578. The van der Waals surface area contributed by atoms with E-state index in [0.29, 0.717) is 52.9 Å². The predicted octanol–water partition coefficient (Wildman–Crippen LogP) is 5.46. The molecule has 1 atom stereocenters. The van der Waals surface area contributed by atoms with Gasteiger partial charge in [-0.05, 0) is 55.3 Å². The minimum Gasteiger partial charge on any atom is -0.351 e. The van der Waals surface area contributed by atoms with Crippen molar-refractivity contribution in [3.8, 4) is 16.9 Å². The first-order valence-corrected chi connectivity index (χ1v) is 14.2. The first kappa shape index (κ1) is 27.2. The molecule has 1 aliphatic heterocycles. The zero-order chi connectivity index (χ0) is 27.8. The number of piperazine rings is 1. The third-order valence-electron chi connectivity index (χ3n) is 7.01. The number of hydrogen-bond acceptors (Lipinski definition) is 7. The number of rotatable bonds is 6. The van der Waals surface area contributed by atoms with Crippen molar-refractivity contribution >= 4 is 28.6 Å². The van der Waals surface area contributed by atoms with Gasteiger partial charge in [0.15, 0.2) is 11.5 Å². The van der Waals surface area contributed by atoms with Crippen LogP contribution in [0.15, 0.2) is 46.2 Å². The predicted molar refractivity (Wildman–Crippen MR) is 153 cm³/mol. The number of pyridine rings is 2. The standard InChI is InChI=1S/C29H32F2N6OS/c1-6-39-22-9-7-8-20(30)23(22)25-21(31)14-19-27(36-13-12-32-15-18(36)5)35-29(38)37(28(19)34-25)26-17(4)10-11-33-24(26)16(2)3/h7-11,14,16,18,32H,6,12-13,15H2,1-5H3/t18-/m0/s1. The molecule has 4 heterocycles. The zero-order valence-electron chi connectivity index (χ0n) is 22.8. The van der Waals surface area contributed by atoms with Gasteiger partial charge in [-0.1, -0.05) is 26.8 Å². The Labute approximate surface area is 230 Å². The maximum Gasteiger partial charge on any atom is 0.355 e. The Bertz CT molecular complexity index is 1610. The van der Waals surface area contributed by atoms with E-state index in [2.05, 4.69) is 15.3 Å². The topological polar surface area (TPSA) is 75.9 Å². The molecule has 0 radical (unpaired) electrons. The largest absolute Gasteiger partial charge is 0.355 e. The van der Waals surface area contributed by atoms with E-state index < -0.39 is 17.3 Å². The summed E-state index contributed by atoms with van der Waals surface area (Å²) in [5, 5.41) is 3.73. The highest BCUT2D eigenvalue weighted by molar-refractivity contribution is 7.99. The van der Waals surface area contributed by atoms with Gasteiger partial charge in [0, 0.05) is 36.8 Å². The van der Waals surface area contributed by atoms with Gasteiger partial charge in [0.2, 0.25) is 0 Å². The molecule has 1 aliphatic rings. The van der Waals surface area contributed by atoms with Gasteiger partial charge >= 0.3 is 5.69 Å². The molecule has 0 unspecified atom stereocenters. The number of benzene rings is 1. The summed E-state index contributed by atoms with van der Waals surface area (Å²) in [5.74, 6) is -0.193. The smallest absolute Gasteiger partial charge is 0.351 e. The molecule has 0 spiro atoms. The van der Waals surface area contributed by atoms with Gasteiger partial charge in [0.1, 0.15) is 17.3 Å². The summed E-state index contributed by atoms with van der Waals surface area (Å²) < 4.78 is 32.7. The van der Waals surface area contributed by atoms with E-state index in [9.17, 15) is 4.79 Å². The first-order valence-electron chi connectivity index (χ1n) is 13.2. The number of thioether (sulfide) groups is 1. The van der Waals surface area contributed by atoms with Gasteiger partial charge in [-0.25, -0.2) is 23.1 Å². The van der Waals surface area contributed by atoms with Crippen LogP contribution >= 0.6 is 11.8 Å². The van der Waals surface area contributed by atoms with Gasteiger partial charge in [-0.3, -0.25) is 4.98 Å². The van der Waals surface area contributed by atoms with E-state index in [1.54, 1.807) is 18.3 Å². The van der Waals surface area contributed by atoms with Crippen LogP contribution in [-0.4, -0.2) is 50.9 Å². The Morgan fingerprint density at radius 2 is 1.97 bits per heavy atom. The summed E-state index contributed by atoms with van der Waals surface area (Å²) in [7, 11) is 0. The Morgan fingerprint density at radius 1 is 1.18 bits per heavy atom. The molecule has 1 fully saturated rings. The van der Waals surface area contributed by atoms with Crippen LogP contribution in [0.5, 0.6) is 0 Å². The highest BCUT2D eigenvalue weighted by Crippen LogP contribution is 2.37. The summed E-state index contributed by atoms with van der Waals surface area (Å²) in [4.78, 5) is 30.3. The Morgan fingerprint density at radius 3 is 2.69 bits per heavy atom. The fraction of sp³-hybridized carbons (Fsp3) is 0.379. The number of halogens is 2. The number of nitrogens with one attached hydrogen (secondary N) is 1. The molecular formula is C29H32F2N6OS. The monoisotopic (exact) mass is 550 g/mol. The quantitative estimate of drug-likeness (QED) is 0.320. The second kappa shape index (κ2) is 11.0. The van der Waals surface area contributed by atoms with E-state index >= 15 is 8.78 Å². The van der Waals surface area contributed by atoms with Crippen LogP contribution in [0.3, 0.4) is 0 Å². The van der Waals surface area contributed by atoms with Crippen LogP contribution in [0.2, 0.25) is 0 Å². The Kier molecular flexibility index (Phi) is 7.68. The summed E-state index contributed by atoms with van der Waals surface area (Å²) in [6.45, 7) is 11.9. The van der Waals surface area contributed by atoms with E-state index in [-0.39, 0.29) is 28.9 Å². The van der Waals surface area contributed by atoms with Crippen LogP contribution in [0, 0.1) is 18.6 Å². The Hall–Kier alpha value is -3.37. The van der Waals surface area contributed by atoms with Gasteiger partial charge in [-0.2, -0.15) is 4.98 Å². The van der Waals surface area contributed by atoms with Crippen LogP contribution in [0.1, 0.15) is 44.9 Å². The summed E-state index contributed by atoms with van der Waals surface area (Å²) in [5.41, 5.74) is 1.71. The van der Waals surface area contributed by atoms with Crippen molar-refractivity contribution in [2.45, 2.75) is 51.5 Å². The van der Waals surface area contributed by atoms with Crippen LogP contribution in [0.25, 0.3) is 28.0 Å². The van der Waals surface area contributed by atoms with E-state index in [1.807, 2.05) is 45.6 Å².